The van der Waals surface area contributed by atoms with Crippen LogP contribution in [0.3, 0.4) is 0 Å². The molecule has 1 aliphatic heterocycles. The van der Waals surface area contributed by atoms with Crippen molar-refractivity contribution >= 4 is 16.9 Å². The molecule has 0 radical (unpaired) electrons. The van der Waals surface area contributed by atoms with Crippen LogP contribution in [0.1, 0.15) is 55.0 Å². The number of rotatable bonds is 3. The summed E-state index contributed by atoms with van der Waals surface area (Å²) in [4.78, 5) is 24.8. The van der Waals surface area contributed by atoms with Gasteiger partial charge in [-0.2, -0.15) is 15.0 Å². The Morgan fingerprint density at radius 3 is 2.64 bits per heavy atom. The van der Waals surface area contributed by atoms with Gasteiger partial charge in [-0.05, 0) is 47.7 Å². The molecule has 33 heavy (non-hydrogen) atoms. The maximum atomic E-state index is 14.1. The number of halogens is 1. The molecule has 168 valence electrons. The number of nitrogens with one attached hydrogen (secondary N) is 1. The lowest BCUT2D eigenvalue weighted by Gasteiger charge is -2.23. The first-order valence-corrected chi connectivity index (χ1v) is 10.8. The molecule has 5 rings (SSSR count). The molecule has 1 saturated heterocycles. The van der Waals surface area contributed by atoms with E-state index in [1.54, 1.807) is 4.90 Å². The summed E-state index contributed by atoms with van der Waals surface area (Å²) in [5, 5.41) is 8.22. The number of amides is 1. The predicted octanol–water partition coefficient (Wildman–Crippen LogP) is 4.72. The molecule has 3 heterocycles. The highest BCUT2D eigenvalue weighted by Crippen LogP contribution is 2.36. The molecule has 0 bridgehead atoms. The van der Waals surface area contributed by atoms with Gasteiger partial charge in [-0.25, -0.2) is 9.37 Å². The number of fused-ring (bicyclic) bond motifs is 1. The number of aromatic nitrogens is 5. The third kappa shape index (κ3) is 3.82. The molecule has 0 aliphatic carbocycles. The smallest absolute Gasteiger partial charge is 0.257 e. The lowest BCUT2D eigenvalue weighted by molar-refractivity contribution is 0.0732. The van der Waals surface area contributed by atoms with E-state index in [-0.39, 0.29) is 22.9 Å². The number of likely N-dealkylation sites (tertiary alicyclic amines) is 1. The summed E-state index contributed by atoms with van der Waals surface area (Å²) in [6.45, 7) is 11.0. The summed E-state index contributed by atoms with van der Waals surface area (Å²) in [5.41, 5.74) is 4.51. The number of H-pyrrole nitrogens is 1. The van der Waals surface area contributed by atoms with Crippen LogP contribution in [0.2, 0.25) is 0 Å². The Hall–Kier alpha value is -3.81. The number of imidazole rings is 1. The van der Waals surface area contributed by atoms with E-state index in [2.05, 4.69) is 54.7 Å². The Morgan fingerprint density at radius 2 is 1.91 bits per heavy atom. The van der Waals surface area contributed by atoms with Crippen molar-refractivity contribution in [2.45, 2.75) is 38.6 Å². The summed E-state index contributed by atoms with van der Waals surface area (Å²) in [6, 6.07) is 9.90. The van der Waals surface area contributed by atoms with E-state index in [0.29, 0.717) is 24.5 Å². The number of carbonyl (C=O) groups excluding carboxylic acids is 1. The van der Waals surface area contributed by atoms with Gasteiger partial charge in [0.2, 0.25) is 0 Å². The highest BCUT2D eigenvalue weighted by Gasteiger charge is 2.36. The van der Waals surface area contributed by atoms with Gasteiger partial charge in [-0.1, -0.05) is 39.0 Å². The number of benzene rings is 2. The van der Waals surface area contributed by atoms with Crippen molar-refractivity contribution in [3.05, 3.63) is 83.7 Å². The Labute approximate surface area is 190 Å². The van der Waals surface area contributed by atoms with Crippen LogP contribution in [-0.4, -0.2) is 42.3 Å². The molecule has 7 nitrogen and oxygen atoms in total. The largest absolute Gasteiger partial charge is 0.340 e. The quantitative estimate of drug-likeness (QED) is 0.464. The minimum atomic E-state index is -0.498. The second kappa shape index (κ2) is 7.65. The third-order valence-electron chi connectivity index (χ3n) is 6.02. The molecule has 8 heteroatoms. The minimum absolute atomic E-state index is 0.0113. The van der Waals surface area contributed by atoms with Gasteiger partial charge in [0.15, 0.2) is 0 Å². The minimum Gasteiger partial charge on any atom is -0.340 e. The van der Waals surface area contributed by atoms with Crippen LogP contribution in [0, 0.1) is 5.82 Å². The van der Waals surface area contributed by atoms with E-state index >= 15 is 0 Å². The van der Waals surface area contributed by atoms with Crippen molar-refractivity contribution in [1.29, 1.82) is 0 Å². The van der Waals surface area contributed by atoms with Crippen molar-refractivity contribution in [1.82, 2.24) is 29.9 Å². The van der Waals surface area contributed by atoms with E-state index in [4.69, 9.17) is 4.98 Å². The molecule has 1 atom stereocenters. The molecule has 1 amide bonds. The van der Waals surface area contributed by atoms with Gasteiger partial charge in [-0.15, -0.1) is 0 Å². The number of aromatic amines is 1. The molecule has 1 fully saturated rings. The molecule has 0 saturated carbocycles. The first kappa shape index (κ1) is 21.1. The van der Waals surface area contributed by atoms with Crippen molar-refractivity contribution in [2.75, 3.05) is 6.54 Å². The van der Waals surface area contributed by atoms with Crippen molar-refractivity contribution < 1.29 is 9.18 Å². The zero-order valence-electron chi connectivity index (χ0n) is 18.8. The fraction of sp³-hybridized carbons (Fsp3) is 0.280. The van der Waals surface area contributed by atoms with Crippen molar-refractivity contribution in [3.8, 4) is 5.69 Å². The van der Waals surface area contributed by atoms with Gasteiger partial charge in [0.05, 0.1) is 40.7 Å². The van der Waals surface area contributed by atoms with E-state index < -0.39 is 5.82 Å². The molecule has 0 spiro atoms. The molecule has 2 aromatic carbocycles. The summed E-state index contributed by atoms with van der Waals surface area (Å²) in [6.07, 6.45) is 3.61. The van der Waals surface area contributed by atoms with E-state index in [1.807, 2.05) is 6.07 Å². The zero-order chi connectivity index (χ0) is 23.3. The normalized spacial score (nSPS) is 16.7. The van der Waals surface area contributed by atoms with Crippen LogP contribution < -0.4 is 0 Å². The first-order chi connectivity index (χ1) is 15.7. The summed E-state index contributed by atoms with van der Waals surface area (Å²) >= 11 is 0. The van der Waals surface area contributed by atoms with Gasteiger partial charge in [0, 0.05) is 6.54 Å². The highest BCUT2D eigenvalue weighted by molar-refractivity contribution is 5.98. The zero-order valence-corrected chi connectivity index (χ0v) is 18.8. The predicted molar refractivity (Wildman–Crippen MR) is 124 cm³/mol. The Balaban J connectivity index is 1.54. The summed E-state index contributed by atoms with van der Waals surface area (Å²) < 4.78 is 14.1. The number of hydrogen-bond donors (Lipinski definition) is 1. The average molecular weight is 445 g/mol. The Kier molecular flexibility index (Phi) is 4.88. The molecule has 1 aliphatic rings. The second-order valence-electron chi connectivity index (χ2n) is 9.49. The van der Waals surface area contributed by atoms with Gasteiger partial charge in [-0.3, -0.25) is 4.79 Å². The van der Waals surface area contributed by atoms with Crippen LogP contribution in [0.15, 0.2) is 60.9 Å². The molecular weight excluding hydrogens is 419 g/mol. The Morgan fingerprint density at radius 1 is 1.15 bits per heavy atom. The third-order valence-corrected chi connectivity index (χ3v) is 6.02. The van der Waals surface area contributed by atoms with Gasteiger partial charge in [0.1, 0.15) is 11.6 Å². The first-order valence-electron chi connectivity index (χ1n) is 10.8. The number of hydrogen-bond acceptors (Lipinski definition) is 4. The van der Waals surface area contributed by atoms with Crippen LogP contribution in [0.25, 0.3) is 16.7 Å². The fourth-order valence-electron chi connectivity index (χ4n) is 4.26. The summed E-state index contributed by atoms with van der Waals surface area (Å²) in [5.74, 6) is -0.123. The molecule has 2 aromatic heterocycles. The SMILES string of the molecule is C=C1CC(c2nc3ccc(C(C)(C)C)cc3[nH]2)N(C(=O)c2cc(F)ccc2-n2nccn2)C1. The van der Waals surface area contributed by atoms with Gasteiger partial charge < -0.3 is 9.88 Å². The number of nitrogens with zero attached hydrogens (tertiary/aromatic N) is 5. The number of carbonyl (C=O) groups is 1. The molecule has 1 N–H and O–H groups in total. The van der Waals surface area contributed by atoms with E-state index in [1.165, 1.54) is 41.0 Å². The Bertz CT molecular complexity index is 1370. The molecule has 1 unspecified atom stereocenters. The topological polar surface area (TPSA) is 79.7 Å². The summed E-state index contributed by atoms with van der Waals surface area (Å²) in [7, 11) is 0. The van der Waals surface area contributed by atoms with Crippen LogP contribution in [-0.2, 0) is 5.41 Å². The van der Waals surface area contributed by atoms with Gasteiger partial charge >= 0.3 is 0 Å². The van der Waals surface area contributed by atoms with Crippen molar-refractivity contribution in [2.24, 2.45) is 0 Å². The van der Waals surface area contributed by atoms with E-state index in [9.17, 15) is 9.18 Å². The van der Waals surface area contributed by atoms with E-state index in [0.717, 1.165) is 16.6 Å². The maximum Gasteiger partial charge on any atom is 0.257 e. The monoisotopic (exact) mass is 444 g/mol. The highest BCUT2D eigenvalue weighted by atomic mass is 19.1. The van der Waals surface area contributed by atoms with Crippen LogP contribution >= 0.6 is 0 Å². The molecule has 4 aromatic rings. The van der Waals surface area contributed by atoms with Crippen LogP contribution in [0.5, 0.6) is 0 Å². The van der Waals surface area contributed by atoms with Crippen LogP contribution in [0.4, 0.5) is 4.39 Å². The standard InChI is InChI=1S/C25H25FN6O/c1-15-11-22(23-29-19-7-5-16(25(2,3)4)12-20(19)30-23)31(14-15)24(33)18-13-17(26)6-8-21(18)32-27-9-10-28-32/h5-10,12-13,22H,1,11,14H2,2-4H3,(H,29,30). The van der Waals surface area contributed by atoms with Gasteiger partial charge in [0.25, 0.3) is 5.91 Å². The molecular formula is C25H25FN6O. The van der Waals surface area contributed by atoms with Crippen molar-refractivity contribution in [3.63, 3.8) is 0 Å². The second-order valence-corrected chi connectivity index (χ2v) is 9.49. The lowest BCUT2D eigenvalue weighted by atomic mass is 9.87. The fourth-order valence-corrected chi connectivity index (χ4v) is 4.26. The maximum absolute atomic E-state index is 14.1. The lowest BCUT2D eigenvalue weighted by Crippen LogP contribution is -2.32. The average Bonchev–Trinajstić information content (AvgIpc) is 3.51.